The molecule has 168 valence electrons. The van der Waals surface area contributed by atoms with Gasteiger partial charge >= 0.3 is 0 Å². The van der Waals surface area contributed by atoms with E-state index in [4.69, 9.17) is 19.9 Å². The number of hydrogen-bond donors (Lipinski definition) is 1. The lowest BCUT2D eigenvalue weighted by molar-refractivity contribution is 0.384. The molecule has 1 unspecified atom stereocenters. The molecule has 5 rings (SSSR count). The summed E-state index contributed by atoms with van der Waals surface area (Å²) in [5.41, 5.74) is 8.06. The summed E-state index contributed by atoms with van der Waals surface area (Å²) in [5, 5.41) is 30.6. The summed E-state index contributed by atoms with van der Waals surface area (Å²) in [6, 6.07) is 18.6. The number of fused-ring (bicyclic) bond motifs is 6. The van der Waals surface area contributed by atoms with Crippen LogP contribution in [0.25, 0.3) is 21.8 Å². The molecule has 0 saturated heterocycles. The number of ether oxygens (including phenoxy) is 3. The highest BCUT2D eigenvalue weighted by Gasteiger charge is 2.37. The molecule has 9 heteroatoms. The van der Waals surface area contributed by atoms with Crippen molar-refractivity contribution >= 4 is 21.8 Å². The summed E-state index contributed by atoms with van der Waals surface area (Å²) in [5.74, 6) is 0.642. The molecule has 35 heavy (non-hydrogen) atoms. The first-order valence-electron chi connectivity index (χ1n) is 10.4. The van der Waals surface area contributed by atoms with Gasteiger partial charge in [0, 0.05) is 28.0 Å². The number of methoxy groups -OCH3 is 2. The third-order valence-electron chi connectivity index (χ3n) is 5.96. The fourth-order valence-corrected chi connectivity index (χ4v) is 4.42. The molecule has 2 N–H and O–H groups in total. The Labute approximate surface area is 199 Å². The van der Waals surface area contributed by atoms with Crippen LogP contribution in [0.1, 0.15) is 28.4 Å². The van der Waals surface area contributed by atoms with Crippen LogP contribution in [0.3, 0.4) is 0 Å². The van der Waals surface area contributed by atoms with Crippen LogP contribution in [0.2, 0.25) is 0 Å². The van der Waals surface area contributed by atoms with E-state index in [0.29, 0.717) is 50.2 Å². The van der Waals surface area contributed by atoms with Gasteiger partial charge in [0.25, 0.3) is 0 Å². The zero-order valence-corrected chi connectivity index (χ0v) is 18.7. The fourth-order valence-electron chi connectivity index (χ4n) is 4.42. The molecule has 1 aliphatic rings. The van der Waals surface area contributed by atoms with Crippen molar-refractivity contribution in [2.75, 3.05) is 14.2 Å². The molecule has 0 radical (unpaired) electrons. The van der Waals surface area contributed by atoms with Crippen LogP contribution in [0, 0.1) is 34.0 Å². The molecule has 1 atom stereocenters. The Morgan fingerprint density at radius 3 is 2.20 bits per heavy atom. The van der Waals surface area contributed by atoms with E-state index in [1.54, 1.807) is 25.3 Å². The molecule has 0 aliphatic carbocycles. The second-order valence-corrected chi connectivity index (χ2v) is 7.66. The number of nitrogens with zero attached hydrogens (tertiary/aromatic N) is 5. The standard InChI is InChI=1S/C26H16N6O3/c1-33-13-7-8-16(20(9-13)34-2)21-17(10-27)26(30)35-25-15-6-4-3-5-14(15)23-24(22(21)25)32-19(12-29)18(11-28)31-23/h3-9,21H,30H2,1-2H3. The van der Waals surface area contributed by atoms with Crippen LogP contribution >= 0.6 is 0 Å². The van der Waals surface area contributed by atoms with Gasteiger partial charge in [0.05, 0.1) is 31.2 Å². The average Bonchev–Trinajstić information content (AvgIpc) is 2.91. The van der Waals surface area contributed by atoms with Crippen LogP contribution in [-0.4, -0.2) is 24.2 Å². The molecule has 0 saturated carbocycles. The van der Waals surface area contributed by atoms with Crippen LogP contribution in [0.4, 0.5) is 0 Å². The lowest BCUT2D eigenvalue weighted by Gasteiger charge is -2.29. The van der Waals surface area contributed by atoms with E-state index in [2.05, 4.69) is 16.0 Å². The summed E-state index contributed by atoms with van der Waals surface area (Å²) < 4.78 is 17.0. The second-order valence-electron chi connectivity index (χ2n) is 7.66. The van der Waals surface area contributed by atoms with E-state index in [1.165, 1.54) is 7.11 Å². The highest BCUT2D eigenvalue weighted by molar-refractivity contribution is 6.10. The molecular weight excluding hydrogens is 444 g/mol. The topological polar surface area (TPSA) is 151 Å². The quantitative estimate of drug-likeness (QED) is 0.450. The van der Waals surface area contributed by atoms with Crippen molar-refractivity contribution in [1.29, 1.82) is 15.8 Å². The molecule has 1 aromatic heterocycles. The summed E-state index contributed by atoms with van der Waals surface area (Å²) in [6.07, 6.45) is 0. The Bertz CT molecular complexity index is 1710. The molecule has 0 amide bonds. The van der Waals surface area contributed by atoms with Crippen molar-refractivity contribution in [3.63, 3.8) is 0 Å². The van der Waals surface area contributed by atoms with E-state index < -0.39 is 5.92 Å². The largest absolute Gasteiger partial charge is 0.497 e. The van der Waals surface area contributed by atoms with Gasteiger partial charge in [-0.2, -0.15) is 15.8 Å². The number of nitriles is 3. The maximum atomic E-state index is 10.1. The molecule has 1 aliphatic heterocycles. The van der Waals surface area contributed by atoms with Gasteiger partial charge in [-0.15, -0.1) is 0 Å². The minimum absolute atomic E-state index is 0.0468. The number of benzene rings is 3. The number of nitrogens with two attached hydrogens (primary N) is 1. The fraction of sp³-hybridized carbons (Fsp3) is 0.115. The Morgan fingerprint density at radius 2 is 1.57 bits per heavy atom. The molecular formula is C26H16N6O3. The van der Waals surface area contributed by atoms with Crippen molar-refractivity contribution < 1.29 is 14.2 Å². The lowest BCUT2D eigenvalue weighted by atomic mass is 9.81. The maximum Gasteiger partial charge on any atom is 0.205 e. The van der Waals surface area contributed by atoms with E-state index >= 15 is 0 Å². The first-order chi connectivity index (χ1) is 17.1. The summed E-state index contributed by atoms with van der Waals surface area (Å²) in [4.78, 5) is 9.01. The SMILES string of the molecule is COc1ccc(C2C(C#N)=C(N)Oc3c2c2nc(C#N)c(C#N)nc2c2ccccc32)c(OC)c1. The molecule has 9 nitrogen and oxygen atoms in total. The van der Waals surface area contributed by atoms with Gasteiger partial charge in [-0.05, 0) is 6.07 Å². The molecule has 0 bridgehead atoms. The Morgan fingerprint density at radius 1 is 0.886 bits per heavy atom. The van der Waals surface area contributed by atoms with E-state index in [0.717, 1.165) is 0 Å². The number of allylic oxidation sites excluding steroid dienone is 1. The van der Waals surface area contributed by atoms with Crippen molar-refractivity contribution in [3.8, 4) is 35.5 Å². The number of aromatic nitrogens is 2. The zero-order valence-electron chi connectivity index (χ0n) is 18.7. The molecule has 3 aromatic carbocycles. The maximum absolute atomic E-state index is 10.1. The molecule has 0 fully saturated rings. The lowest BCUT2D eigenvalue weighted by Crippen LogP contribution is -2.22. The van der Waals surface area contributed by atoms with Crippen LogP contribution in [-0.2, 0) is 0 Å². The highest BCUT2D eigenvalue weighted by Crippen LogP contribution is 2.50. The van der Waals surface area contributed by atoms with Gasteiger partial charge in [0.1, 0.15) is 41.0 Å². The number of rotatable bonds is 3. The second kappa shape index (κ2) is 8.22. The Hall–Kier alpha value is -5.33. The van der Waals surface area contributed by atoms with Crippen LogP contribution in [0.5, 0.6) is 17.2 Å². The van der Waals surface area contributed by atoms with Gasteiger partial charge in [0.15, 0.2) is 11.4 Å². The van der Waals surface area contributed by atoms with E-state index in [9.17, 15) is 15.8 Å². The van der Waals surface area contributed by atoms with Crippen molar-refractivity contribution in [1.82, 2.24) is 9.97 Å². The zero-order chi connectivity index (χ0) is 24.7. The first kappa shape index (κ1) is 21.5. The third kappa shape index (κ3) is 3.13. The van der Waals surface area contributed by atoms with Crippen molar-refractivity contribution in [3.05, 3.63) is 76.4 Å². The first-order valence-corrected chi connectivity index (χ1v) is 10.4. The van der Waals surface area contributed by atoms with Crippen LogP contribution < -0.4 is 19.9 Å². The minimum atomic E-state index is -0.745. The minimum Gasteiger partial charge on any atom is -0.497 e. The predicted molar refractivity (Wildman–Crippen MR) is 125 cm³/mol. The van der Waals surface area contributed by atoms with E-state index in [1.807, 2.05) is 36.4 Å². The number of hydrogen-bond acceptors (Lipinski definition) is 9. The smallest absolute Gasteiger partial charge is 0.205 e. The molecule has 2 heterocycles. The highest BCUT2D eigenvalue weighted by atomic mass is 16.5. The van der Waals surface area contributed by atoms with Crippen molar-refractivity contribution in [2.45, 2.75) is 5.92 Å². The van der Waals surface area contributed by atoms with Gasteiger partial charge in [0.2, 0.25) is 5.88 Å². The summed E-state index contributed by atoms with van der Waals surface area (Å²) in [6.45, 7) is 0. The van der Waals surface area contributed by atoms with Gasteiger partial charge < -0.3 is 19.9 Å². The average molecular weight is 460 g/mol. The third-order valence-corrected chi connectivity index (χ3v) is 5.96. The van der Waals surface area contributed by atoms with Gasteiger partial charge in [-0.25, -0.2) is 9.97 Å². The summed E-state index contributed by atoms with van der Waals surface area (Å²) >= 11 is 0. The van der Waals surface area contributed by atoms with Gasteiger partial charge in [-0.3, -0.25) is 0 Å². The van der Waals surface area contributed by atoms with Crippen molar-refractivity contribution in [2.24, 2.45) is 5.73 Å². The molecule has 4 aromatic rings. The Kier molecular flexibility index (Phi) is 5.05. The normalized spacial score (nSPS) is 14.4. The Balaban J connectivity index is 1.99. The molecule has 0 spiro atoms. The summed E-state index contributed by atoms with van der Waals surface area (Å²) in [7, 11) is 3.06. The van der Waals surface area contributed by atoms with Crippen LogP contribution in [0.15, 0.2) is 53.9 Å². The van der Waals surface area contributed by atoms with Gasteiger partial charge in [-0.1, -0.05) is 30.3 Å². The predicted octanol–water partition coefficient (Wildman–Crippen LogP) is 3.76. The monoisotopic (exact) mass is 460 g/mol. The van der Waals surface area contributed by atoms with E-state index in [-0.39, 0.29) is 22.8 Å².